The SMILES string of the molecule is CC(C)CN(c1ccnc(Nc2ccc(C#N)cc2)n1)c1c(F)cc(-c2ccc(C#N)cc2)cc1F. The zero-order valence-corrected chi connectivity index (χ0v) is 19.7. The van der Waals surface area contributed by atoms with Gasteiger partial charge in [0.15, 0.2) is 11.6 Å². The van der Waals surface area contributed by atoms with E-state index in [1.165, 1.54) is 23.2 Å². The third-order valence-electron chi connectivity index (χ3n) is 5.37. The van der Waals surface area contributed by atoms with Crippen LogP contribution in [0, 0.1) is 40.2 Å². The first-order valence-electron chi connectivity index (χ1n) is 11.3. The summed E-state index contributed by atoms with van der Waals surface area (Å²) in [6.45, 7) is 4.22. The molecule has 0 bridgehead atoms. The van der Waals surface area contributed by atoms with Gasteiger partial charge in [-0.1, -0.05) is 26.0 Å². The van der Waals surface area contributed by atoms with Crippen molar-refractivity contribution in [1.82, 2.24) is 9.97 Å². The third-order valence-corrected chi connectivity index (χ3v) is 5.37. The second-order valence-corrected chi connectivity index (χ2v) is 8.53. The number of nitrogens with one attached hydrogen (secondary N) is 1. The number of aromatic nitrogens is 2. The summed E-state index contributed by atoms with van der Waals surface area (Å²) in [6, 6.07) is 21.5. The number of nitrogens with zero attached hydrogens (tertiary/aromatic N) is 5. The molecule has 0 atom stereocenters. The first-order valence-corrected chi connectivity index (χ1v) is 11.3. The zero-order valence-electron chi connectivity index (χ0n) is 19.7. The molecule has 1 N–H and O–H groups in total. The van der Waals surface area contributed by atoms with Crippen molar-refractivity contribution < 1.29 is 8.78 Å². The normalized spacial score (nSPS) is 10.5. The molecule has 36 heavy (non-hydrogen) atoms. The van der Waals surface area contributed by atoms with Crippen molar-refractivity contribution in [3.8, 4) is 23.3 Å². The fourth-order valence-electron chi connectivity index (χ4n) is 3.71. The van der Waals surface area contributed by atoms with Crippen LogP contribution in [-0.2, 0) is 0 Å². The highest BCUT2D eigenvalue weighted by Crippen LogP contribution is 2.34. The van der Waals surface area contributed by atoms with Crippen LogP contribution in [0.15, 0.2) is 72.9 Å². The lowest BCUT2D eigenvalue weighted by molar-refractivity contribution is 0.566. The largest absolute Gasteiger partial charge is 0.324 e. The van der Waals surface area contributed by atoms with E-state index in [0.717, 1.165) is 0 Å². The van der Waals surface area contributed by atoms with Gasteiger partial charge in [0.25, 0.3) is 0 Å². The van der Waals surface area contributed by atoms with Crippen LogP contribution in [0.5, 0.6) is 0 Å². The summed E-state index contributed by atoms with van der Waals surface area (Å²) in [7, 11) is 0. The predicted octanol–water partition coefficient (Wildman–Crippen LogP) is 6.70. The molecule has 0 unspecified atom stereocenters. The van der Waals surface area contributed by atoms with E-state index in [2.05, 4.69) is 21.4 Å². The molecule has 4 aromatic rings. The molecule has 4 rings (SSSR count). The third kappa shape index (κ3) is 5.45. The predicted molar refractivity (Wildman–Crippen MR) is 135 cm³/mol. The quantitative estimate of drug-likeness (QED) is 0.317. The molecular weight excluding hydrogens is 458 g/mol. The molecule has 0 aliphatic heterocycles. The Labute approximate surface area is 208 Å². The van der Waals surface area contributed by atoms with Gasteiger partial charge in [0.2, 0.25) is 5.95 Å². The fourth-order valence-corrected chi connectivity index (χ4v) is 3.71. The van der Waals surface area contributed by atoms with Crippen molar-refractivity contribution in [2.45, 2.75) is 13.8 Å². The van der Waals surface area contributed by atoms with Crippen molar-refractivity contribution in [2.75, 3.05) is 16.8 Å². The van der Waals surface area contributed by atoms with Crippen molar-refractivity contribution in [3.05, 3.63) is 95.7 Å². The van der Waals surface area contributed by atoms with Crippen LogP contribution < -0.4 is 10.2 Å². The Kier molecular flexibility index (Phi) is 7.17. The van der Waals surface area contributed by atoms with Gasteiger partial charge in [-0.25, -0.2) is 13.8 Å². The van der Waals surface area contributed by atoms with Crippen molar-refractivity contribution in [2.24, 2.45) is 5.92 Å². The topological polar surface area (TPSA) is 88.6 Å². The molecule has 1 aromatic heterocycles. The van der Waals surface area contributed by atoms with Crippen LogP contribution in [0.1, 0.15) is 25.0 Å². The Balaban J connectivity index is 1.69. The van der Waals surface area contributed by atoms with Crippen LogP contribution in [0.3, 0.4) is 0 Å². The molecule has 6 nitrogen and oxygen atoms in total. The van der Waals surface area contributed by atoms with E-state index >= 15 is 8.78 Å². The minimum atomic E-state index is -0.727. The molecule has 0 spiro atoms. The molecule has 0 radical (unpaired) electrons. The first-order chi connectivity index (χ1) is 17.4. The van der Waals surface area contributed by atoms with Crippen LogP contribution >= 0.6 is 0 Å². The molecule has 1 heterocycles. The van der Waals surface area contributed by atoms with E-state index in [-0.39, 0.29) is 17.6 Å². The summed E-state index contributed by atoms with van der Waals surface area (Å²) >= 11 is 0. The molecule has 8 heteroatoms. The summed E-state index contributed by atoms with van der Waals surface area (Å²) in [5.74, 6) is -0.794. The standard InChI is InChI=1S/C28H22F2N6/c1-18(2)17-36(26-11-12-33-28(35-26)34-23-9-5-20(16-32)6-10-23)27-24(29)13-22(14-25(27)30)21-7-3-19(15-31)4-8-21/h3-14,18H,17H2,1-2H3,(H,33,34,35). The van der Waals surface area contributed by atoms with Crippen molar-refractivity contribution >= 4 is 23.1 Å². The highest BCUT2D eigenvalue weighted by Gasteiger charge is 2.22. The Morgan fingerprint density at radius 3 is 2.00 bits per heavy atom. The van der Waals surface area contributed by atoms with Crippen molar-refractivity contribution in [3.63, 3.8) is 0 Å². The van der Waals surface area contributed by atoms with Gasteiger partial charge in [0, 0.05) is 18.4 Å². The smallest absolute Gasteiger partial charge is 0.229 e. The first kappa shape index (κ1) is 24.3. The van der Waals surface area contributed by atoms with E-state index in [0.29, 0.717) is 40.3 Å². The Bertz CT molecular complexity index is 1430. The lowest BCUT2D eigenvalue weighted by atomic mass is 10.0. The second kappa shape index (κ2) is 10.6. The number of halogens is 2. The van der Waals surface area contributed by atoms with Crippen LogP contribution in [0.2, 0.25) is 0 Å². The molecule has 0 amide bonds. The van der Waals surface area contributed by atoms with Gasteiger partial charge >= 0.3 is 0 Å². The molecule has 0 saturated heterocycles. The summed E-state index contributed by atoms with van der Waals surface area (Å²) < 4.78 is 30.9. The number of hydrogen-bond acceptors (Lipinski definition) is 6. The van der Waals surface area contributed by atoms with Crippen LogP contribution in [-0.4, -0.2) is 16.5 Å². The lowest BCUT2D eigenvalue weighted by Crippen LogP contribution is -2.25. The molecule has 3 aromatic carbocycles. The Morgan fingerprint density at radius 2 is 1.44 bits per heavy atom. The number of nitriles is 2. The van der Waals surface area contributed by atoms with Gasteiger partial charge in [-0.05, 0) is 71.6 Å². The number of hydrogen-bond donors (Lipinski definition) is 1. The Morgan fingerprint density at radius 1 is 0.861 bits per heavy atom. The number of anilines is 4. The van der Waals surface area contributed by atoms with Crippen LogP contribution in [0.4, 0.5) is 31.9 Å². The maximum atomic E-state index is 15.4. The van der Waals surface area contributed by atoms with Gasteiger partial charge < -0.3 is 10.2 Å². The van der Waals surface area contributed by atoms with E-state index in [4.69, 9.17) is 10.5 Å². The molecule has 0 aliphatic carbocycles. The Hall–Kier alpha value is -4.82. The monoisotopic (exact) mass is 480 g/mol. The van der Waals surface area contributed by atoms with Gasteiger partial charge in [0.1, 0.15) is 11.5 Å². The number of rotatable bonds is 7. The summed E-state index contributed by atoms with van der Waals surface area (Å²) in [4.78, 5) is 10.2. The van der Waals surface area contributed by atoms with Crippen LogP contribution in [0.25, 0.3) is 11.1 Å². The maximum Gasteiger partial charge on any atom is 0.229 e. The lowest BCUT2D eigenvalue weighted by Gasteiger charge is -2.27. The average molecular weight is 481 g/mol. The molecule has 178 valence electrons. The van der Waals surface area contributed by atoms with Gasteiger partial charge in [-0.2, -0.15) is 15.5 Å². The summed E-state index contributed by atoms with van der Waals surface area (Å²) in [6.07, 6.45) is 1.52. The van der Waals surface area contributed by atoms with Gasteiger partial charge in [-0.3, -0.25) is 0 Å². The number of benzene rings is 3. The van der Waals surface area contributed by atoms with E-state index < -0.39 is 11.6 Å². The van der Waals surface area contributed by atoms with E-state index in [1.54, 1.807) is 54.6 Å². The van der Waals surface area contributed by atoms with E-state index in [9.17, 15) is 0 Å². The second-order valence-electron chi connectivity index (χ2n) is 8.53. The molecule has 0 fully saturated rings. The minimum absolute atomic E-state index is 0.0758. The van der Waals surface area contributed by atoms with Gasteiger partial charge in [0.05, 0.1) is 23.3 Å². The molecule has 0 saturated carbocycles. The average Bonchev–Trinajstić information content (AvgIpc) is 2.88. The molecule has 0 aliphatic rings. The summed E-state index contributed by atoms with van der Waals surface area (Å²) in [5, 5.41) is 21.0. The van der Waals surface area contributed by atoms with E-state index in [1.807, 2.05) is 19.9 Å². The maximum absolute atomic E-state index is 15.4. The minimum Gasteiger partial charge on any atom is -0.324 e. The van der Waals surface area contributed by atoms with Gasteiger partial charge in [-0.15, -0.1) is 0 Å². The zero-order chi connectivity index (χ0) is 25.7. The highest BCUT2D eigenvalue weighted by molar-refractivity contribution is 5.71. The molecular formula is C28H22F2N6. The van der Waals surface area contributed by atoms with Crippen molar-refractivity contribution in [1.29, 1.82) is 10.5 Å². The summed E-state index contributed by atoms with van der Waals surface area (Å²) in [5.41, 5.74) is 2.43. The highest BCUT2D eigenvalue weighted by atomic mass is 19.1. The fraction of sp³-hybridized carbons (Fsp3) is 0.143.